The van der Waals surface area contributed by atoms with Crippen LogP contribution in [-0.4, -0.2) is 14.8 Å². The van der Waals surface area contributed by atoms with Crippen LogP contribution < -0.4 is 5.32 Å². The fraction of sp³-hybridized carbons (Fsp3) is 0.0667. The summed E-state index contributed by atoms with van der Waals surface area (Å²) in [4.78, 5) is 5.42. The number of anilines is 1. The summed E-state index contributed by atoms with van der Waals surface area (Å²) in [6.45, 7) is 0. The standard InChI is InChI=1S/C15H10Cl2N4S/c16-9-3-4-10(11(17)6-9)13-7-12(14-2-1-5-22-14)20-15-18-8-19-21(13)15/h1-8,13H,(H,18,19,20)/t13-/m1/s1. The number of nitrogens with one attached hydrogen (secondary N) is 1. The Balaban J connectivity index is 1.86. The number of thiophene rings is 1. The van der Waals surface area contributed by atoms with Crippen LogP contribution in [0.3, 0.4) is 0 Å². The smallest absolute Gasteiger partial charge is 0.226 e. The minimum atomic E-state index is -0.124. The Kier molecular flexibility index (Phi) is 3.41. The lowest BCUT2D eigenvalue weighted by atomic mass is 10.0. The Hall–Kier alpha value is -1.82. The molecule has 110 valence electrons. The summed E-state index contributed by atoms with van der Waals surface area (Å²) in [5.74, 6) is 0.696. The van der Waals surface area contributed by atoms with Crippen molar-refractivity contribution in [3.8, 4) is 0 Å². The molecule has 3 heterocycles. The number of hydrogen-bond acceptors (Lipinski definition) is 4. The first-order chi connectivity index (χ1) is 10.7. The highest BCUT2D eigenvalue weighted by Gasteiger charge is 2.25. The van der Waals surface area contributed by atoms with Crippen molar-refractivity contribution in [2.45, 2.75) is 6.04 Å². The van der Waals surface area contributed by atoms with Gasteiger partial charge in [-0.3, -0.25) is 0 Å². The Labute approximate surface area is 141 Å². The van der Waals surface area contributed by atoms with Gasteiger partial charge < -0.3 is 5.32 Å². The van der Waals surface area contributed by atoms with E-state index in [9.17, 15) is 0 Å². The van der Waals surface area contributed by atoms with Gasteiger partial charge >= 0.3 is 0 Å². The number of rotatable bonds is 2. The molecule has 4 nitrogen and oxygen atoms in total. The van der Waals surface area contributed by atoms with Crippen molar-refractivity contribution < 1.29 is 0 Å². The molecular formula is C15H10Cl2N4S. The van der Waals surface area contributed by atoms with E-state index in [4.69, 9.17) is 23.2 Å². The average molecular weight is 349 g/mol. The van der Waals surface area contributed by atoms with Crippen LogP contribution in [-0.2, 0) is 0 Å². The second kappa shape index (κ2) is 5.43. The van der Waals surface area contributed by atoms with Crippen LogP contribution in [0.5, 0.6) is 0 Å². The third kappa shape index (κ3) is 2.31. The number of aromatic nitrogens is 3. The molecule has 0 unspecified atom stereocenters. The van der Waals surface area contributed by atoms with Gasteiger partial charge in [-0.25, -0.2) is 4.68 Å². The fourth-order valence-corrected chi connectivity index (χ4v) is 3.70. The molecule has 4 rings (SSSR count). The van der Waals surface area contributed by atoms with Gasteiger partial charge in [-0.1, -0.05) is 35.3 Å². The van der Waals surface area contributed by atoms with E-state index >= 15 is 0 Å². The molecule has 0 amide bonds. The van der Waals surface area contributed by atoms with E-state index in [-0.39, 0.29) is 6.04 Å². The number of fused-ring (bicyclic) bond motifs is 1. The predicted octanol–water partition coefficient (Wildman–Crippen LogP) is 4.70. The molecular weight excluding hydrogens is 339 g/mol. The Morgan fingerprint density at radius 3 is 2.91 bits per heavy atom. The largest absolute Gasteiger partial charge is 0.323 e. The maximum Gasteiger partial charge on any atom is 0.226 e. The van der Waals surface area contributed by atoms with Crippen LogP contribution in [0.1, 0.15) is 16.5 Å². The molecule has 1 atom stereocenters. The summed E-state index contributed by atoms with van der Waals surface area (Å²) in [6, 6.07) is 9.47. The van der Waals surface area contributed by atoms with Gasteiger partial charge in [-0.05, 0) is 35.2 Å². The second-order valence-electron chi connectivity index (χ2n) is 4.82. The molecule has 1 aliphatic rings. The number of hydrogen-bond donors (Lipinski definition) is 1. The van der Waals surface area contributed by atoms with Gasteiger partial charge in [-0.15, -0.1) is 11.3 Å². The number of benzene rings is 1. The summed E-state index contributed by atoms with van der Waals surface area (Å²) < 4.78 is 1.81. The van der Waals surface area contributed by atoms with Crippen molar-refractivity contribution in [2.75, 3.05) is 5.32 Å². The minimum absolute atomic E-state index is 0.124. The molecule has 0 radical (unpaired) electrons. The molecule has 1 N–H and O–H groups in total. The van der Waals surface area contributed by atoms with Crippen LogP contribution >= 0.6 is 34.5 Å². The van der Waals surface area contributed by atoms with Gasteiger partial charge in [0.1, 0.15) is 12.4 Å². The first kappa shape index (κ1) is 13.8. The molecule has 0 spiro atoms. The van der Waals surface area contributed by atoms with Crippen LogP contribution in [0.2, 0.25) is 10.0 Å². The summed E-state index contributed by atoms with van der Waals surface area (Å²) in [7, 11) is 0. The molecule has 0 aliphatic carbocycles. The van der Waals surface area contributed by atoms with Crippen LogP contribution in [0, 0.1) is 0 Å². The molecule has 22 heavy (non-hydrogen) atoms. The van der Waals surface area contributed by atoms with Crippen molar-refractivity contribution in [2.24, 2.45) is 0 Å². The topological polar surface area (TPSA) is 42.7 Å². The zero-order valence-corrected chi connectivity index (χ0v) is 13.5. The van der Waals surface area contributed by atoms with E-state index in [0.29, 0.717) is 16.0 Å². The molecule has 1 aromatic carbocycles. The first-order valence-corrected chi connectivity index (χ1v) is 8.23. The molecule has 1 aliphatic heterocycles. The van der Waals surface area contributed by atoms with Gasteiger partial charge in [0.05, 0.1) is 10.6 Å². The van der Waals surface area contributed by atoms with Gasteiger partial charge in [0.2, 0.25) is 5.95 Å². The third-order valence-electron chi connectivity index (χ3n) is 3.48. The Morgan fingerprint density at radius 1 is 1.23 bits per heavy atom. The van der Waals surface area contributed by atoms with Crippen molar-refractivity contribution in [3.63, 3.8) is 0 Å². The fourth-order valence-electron chi connectivity index (χ4n) is 2.47. The predicted molar refractivity (Wildman–Crippen MR) is 90.5 cm³/mol. The van der Waals surface area contributed by atoms with Crippen LogP contribution in [0.4, 0.5) is 5.95 Å². The lowest BCUT2D eigenvalue weighted by Gasteiger charge is -2.24. The number of halogens is 2. The average Bonchev–Trinajstić information content (AvgIpc) is 3.18. The SMILES string of the molecule is Clc1ccc([C@H]2C=C(c3cccs3)Nc3ncnn32)c(Cl)c1. The van der Waals surface area contributed by atoms with E-state index in [1.807, 2.05) is 28.3 Å². The highest BCUT2D eigenvalue weighted by atomic mass is 35.5. The van der Waals surface area contributed by atoms with Crippen molar-refractivity contribution in [1.82, 2.24) is 14.8 Å². The second-order valence-corrected chi connectivity index (χ2v) is 6.61. The van der Waals surface area contributed by atoms with Gasteiger partial charge in [0.25, 0.3) is 0 Å². The molecule has 0 fully saturated rings. The number of allylic oxidation sites excluding steroid dienone is 1. The zero-order chi connectivity index (χ0) is 15.1. The summed E-state index contributed by atoms with van der Waals surface area (Å²) in [5.41, 5.74) is 1.94. The van der Waals surface area contributed by atoms with Gasteiger partial charge in [0.15, 0.2) is 0 Å². The maximum atomic E-state index is 6.38. The highest BCUT2D eigenvalue weighted by molar-refractivity contribution is 7.11. The van der Waals surface area contributed by atoms with Crippen molar-refractivity contribution >= 4 is 46.2 Å². The highest BCUT2D eigenvalue weighted by Crippen LogP contribution is 2.36. The van der Waals surface area contributed by atoms with Crippen molar-refractivity contribution in [1.29, 1.82) is 0 Å². The molecule has 0 saturated heterocycles. The summed E-state index contributed by atoms with van der Waals surface area (Å²) in [5, 5.41) is 10.9. The third-order valence-corrected chi connectivity index (χ3v) is 4.94. The molecule has 2 aromatic heterocycles. The van der Waals surface area contributed by atoms with E-state index in [0.717, 1.165) is 16.1 Å². The molecule has 0 saturated carbocycles. The zero-order valence-electron chi connectivity index (χ0n) is 11.2. The van der Waals surface area contributed by atoms with E-state index in [2.05, 4.69) is 27.5 Å². The number of nitrogens with zero attached hydrogens (tertiary/aromatic N) is 3. The van der Waals surface area contributed by atoms with E-state index in [1.54, 1.807) is 17.4 Å². The Bertz CT molecular complexity index is 854. The molecule has 7 heteroatoms. The van der Waals surface area contributed by atoms with Crippen LogP contribution in [0.15, 0.2) is 48.1 Å². The van der Waals surface area contributed by atoms with Gasteiger partial charge in [-0.2, -0.15) is 10.1 Å². The van der Waals surface area contributed by atoms with Gasteiger partial charge in [0, 0.05) is 10.0 Å². The summed E-state index contributed by atoms with van der Waals surface area (Å²) in [6.07, 6.45) is 3.63. The summed E-state index contributed by atoms with van der Waals surface area (Å²) >= 11 is 14.0. The van der Waals surface area contributed by atoms with Crippen molar-refractivity contribution in [3.05, 3.63) is 68.6 Å². The van der Waals surface area contributed by atoms with E-state index < -0.39 is 0 Å². The monoisotopic (exact) mass is 348 g/mol. The molecule has 3 aromatic rings. The lowest BCUT2D eigenvalue weighted by molar-refractivity contribution is 0.612. The maximum absolute atomic E-state index is 6.38. The van der Waals surface area contributed by atoms with E-state index in [1.165, 1.54) is 6.33 Å². The molecule has 0 bridgehead atoms. The Morgan fingerprint density at radius 2 is 2.14 bits per heavy atom. The van der Waals surface area contributed by atoms with Crippen LogP contribution in [0.25, 0.3) is 5.70 Å². The lowest BCUT2D eigenvalue weighted by Crippen LogP contribution is -2.20. The minimum Gasteiger partial charge on any atom is -0.323 e. The normalized spacial score (nSPS) is 16.8. The quantitative estimate of drug-likeness (QED) is 0.729. The first-order valence-electron chi connectivity index (χ1n) is 6.59.